The predicted molar refractivity (Wildman–Crippen MR) is 92.9 cm³/mol. The van der Waals surface area contributed by atoms with Crippen LogP contribution in [0.15, 0.2) is 30.4 Å². The molecule has 2 bridgehead atoms. The van der Waals surface area contributed by atoms with Crippen LogP contribution in [0.1, 0.15) is 17.5 Å². The van der Waals surface area contributed by atoms with Crippen LogP contribution in [-0.4, -0.2) is 27.4 Å². The number of rotatable bonds is 5. The van der Waals surface area contributed by atoms with E-state index in [9.17, 15) is 18.9 Å². The van der Waals surface area contributed by atoms with Crippen LogP contribution < -0.4 is 5.32 Å². The van der Waals surface area contributed by atoms with Gasteiger partial charge in [0.15, 0.2) is 0 Å². The molecule has 0 spiro atoms. The van der Waals surface area contributed by atoms with Crippen molar-refractivity contribution in [1.82, 2.24) is 0 Å². The topological polar surface area (TPSA) is 83.5 Å². The Morgan fingerprint density at radius 3 is 2.54 bits per heavy atom. The number of aliphatic carboxylic acids is 1. The summed E-state index contributed by atoms with van der Waals surface area (Å²) in [5, 5.41) is 12.4. The van der Waals surface area contributed by atoms with E-state index < -0.39 is 28.6 Å². The maximum Gasteiger partial charge on any atom is 0.307 e. The van der Waals surface area contributed by atoms with E-state index in [0.717, 1.165) is 17.5 Å². The smallest absolute Gasteiger partial charge is 0.307 e. The molecule has 1 amide bonds. The van der Waals surface area contributed by atoms with Crippen LogP contribution in [0.3, 0.4) is 0 Å². The second-order valence-corrected chi connectivity index (χ2v) is 8.07. The molecule has 0 saturated heterocycles. The van der Waals surface area contributed by atoms with Gasteiger partial charge in [-0.15, -0.1) is 0 Å². The van der Waals surface area contributed by atoms with Crippen molar-refractivity contribution in [2.24, 2.45) is 23.7 Å². The molecule has 0 aromatic heterocycles. The number of nitrogens with one attached hydrogen (secondary N) is 1. The van der Waals surface area contributed by atoms with E-state index in [1.807, 2.05) is 31.2 Å². The number of allylic oxidation sites excluding steroid dienone is 2. The van der Waals surface area contributed by atoms with Gasteiger partial charge in [0.05, 0.1) is 11.8 Å². The van der Waals surface area contributed by atoms with E-state index in [1.54, 1.807) is 12.3 Å². The third-order valence-corrected chi connectivity index (χ3v) is 5.83. The normalized spacial score (nSPS) is 28.8. The maximum atomic E-state index is 12.7. The number of hydrogen-bond donors (Lipinski definition) is 2. The molecular weight excluding hydrogens is 326 g/mol. The molecule has 0 radical (unpaired) electrons. The first-order chi connectivity index (χ1) is 11.4. The van der Waals surface area contributed by atoms with Gasteiger partial charge in [0.25, 0.3) is 0 Å². The summed E-state index contributed by atoms with van der Waals surface area (Å²) >= 11 is 0. The largest absolute Gasteiger partial charge is 0.481 e. The molecule has 6 heteroatoms. The highest BCUT2D eigenvalue weighted by molar-refractivity contribution is 7.83. The molecule has 1 aromatic rings. The fourth-order valence-electron chi connectivity index (χ4n) is 3.93. The van der Waals surface area contributed by atoms with Crippen molar-refractivity contribution >= 4 is 28.4 Å². The first-order valence-electron chi connectivity index (χ1n) is 7.99. The van der Waals surface area contributed by atoms with Crippen molar-refractivity contribution in [3.8, 4) is 0 Å². The molecule has 5 unspecified atom stereocenters. The Labute approximate surface area is 143 Å². The minimum atomic E-state index is -0.963. The first-order valence-corrected chi connectivity index (χ1v) is 9.71. The summed E-state index contributed by atoms with van der Waals surface area (Å²) < 4.78 is 11.5. The van der Waals surface area contributed by atoms with E-state index in [0.29, 0.717) is 11.4 Å². The third-order valence-electron chi connectivity index (χ3n) is 5.11. The van der Waals surface area contributed by atoms with Gasteiger partial charge < -0.3 is 10.4 Å². The zero-order chi connectivity index (χ0) is 17.4. The van der Waals surface area contributed by atoms with Crippen LogP contribution in [0, 0.1) is 30.6 Å². The molecule has 3 rings (SSSR count). The van der Waals surface area contributed by atoms with Crippen LogP contribution in [0.25, 0.3) is 0 Å². The average Bonchev–Trinajstić information content (AvgIpc) is 3.11. The summed E-state index contributed by atoms with van der Waals surface area (Å²) in [5.74, 6) is -1.92. The summed E-state index contributed by atoms with van der Waals surface area (Å²) in [6.45, 7) is 1.88. The fourth-order valence-corrected chi connectivity index (χ4v) is 4.68. The highest BCUT2D eigenvalue weighted by atomic mass is 32.2. The fraction of sp³-hybridized carbons (Fsp3) is 0.444. The Balaban J connectivity index is 1.81. The van der Waals surface area contributed by atoms with Crippen molar-refractivity contribution in [2.45, 2.75) is 19.1 Å². The summed E-state index contributed by atoms with van der Waals surface area (Å²) in [6, 6.07) is 5.51. The van der Waals surface area contributed by atoms with Crippen molar-refractivity contribution in [3.63, 3.8) is 0 Å². The van der Waals surface area contributed by atoms with Gasteiger partial charge in [0.2, 0.25) is 5.91 Å². The lowest BCUT2D eigenvalue weighted by Crippen LogP contribution is -2.36. The average molecular weight is 347 g/mol. The molecule has 2 aliphatic rings. The van der Waals surface area contributed by atoms with Gasteiger partial charge in [-0.1, -0.05) is 24.3 Å². The number of anilines is 1. The van der Waals surface area contributed by atoms with E-state index in [4.69, 9.17) is 0 Å². The number of fused-ring (bicyclic) bond motifs is 2. The van der Waals surface area contributed by atoms with Crippen LogP contribution in [0.5, 0.6) is 0 Å². The summed E-state index contributed by atoms with van der Waals surface area (Å²) in [7, 11) is -0.963. The SMILES string of the molecule is Cc1c(CS(C)=O)cccc1NC(=O)C1C2C=CC(C2)C1C(=O)O. The zero-order valence-corrected chi connectivity index (χ0v) is 14.5. The number of benzene rings is 1. The lowest BCUT2D eigenvalue weighted by atomic mass is 9.82. The molecule has 0 aliphatic heterocycles. The molecule has 5 atom stereocenters. The molecule has 128 valence electrons. The van der Waals surface area contributed by atoms with Crippen LogP contribution in [-0.2, 0) is 26.1 Å². The van der Waals surface area contributed by atoms with Crippen molar-refractivity contribution < 1.29 is 18.9 Å². The molecule has 2 N–H and O–H groups in total. The van der Waals surface area contributed by atoms with Crippen LogP contribution in [0.4, 0.5) is 5.69 Å². The first kappa shape index (κ1) is 16.9. The summed E-state index contributed by atoms with van der Waals surface area (Å²) in [5.41, 5.74) is 2.47. The zero-order valence-electron chi connectivity index (χ0n) is 13.7. The minimum Gasteiger partial charge on any atom is -0.481 e. The number of hydrogen-bond acceptors (Lipinski definition) is 3. The molecule has 24 heavy (non-hydrogen) atoms. The Hall–Kier alpha value is -1.95. The van der Waals surface area contributed by atoms with E-state index in [1.165, 1.54) is 0 Å². The number of carbonyl (C=O) groups is 2. The van der Waals surface area contributed by atoms with Gasteiger partial charge >= 0.3 is 5.97 Å². The lowest BCUT2D eigenvalue weighted by molar-refractivity contribution is -0.146. The standard InChI is InChI=1S/C18H21NO4S/c1-10-13(9-24(2)23)4-3-5-14(10)19-17(20)15-11-6-7-12(8-11)16(15)18(21)22/h3-7,11-12,15-16H,8-9H2,1-2H3,(H,19,20)(H,21,22). The van der Waals surface area contributed by atoms with Gasteiger partial charge in [-0.3, -0.25) is 13.8 Å². The Bertz CT molecular complexity index is 743. The second-order valence-electron chi connectivity index (χ2n) is 6.63. The van der Waals surface area contributed by atoms with Gasteiger partial charge in [-0.2, -0.15) is 0 Å². The van der Waals surface area contributed by atoms with Crippen molar-refractivity contribution in [3.05, 3.63) is 41.5 Å². The van der Waals surface area contributed by atoms with E-state index in [2.05, 4.69) is 5.32 Å². The van der Waals surface area contributed by atoms with Gasteiger partial charge in [0, 0.05) is 28.5 Å². The summed E-state index contributed by atoms with van der Waals surface area (Å²) in [4.78, 5) is 24.3. The highest BCUT2D eigenvalue weighted by Crippen LogP contribution is 2.48. The van der Waals surface area contributed by atoms with Crippen molar-refractivity contribution in [2.75, 3.05) is 11.6 Å². The maximum absolute atomic E-state index is 12.7. The summed E-state index contributed by atoms with van der Waals surface area (Å²) in [6.07, 6.45) is 6.28. The Morgan fingerprint density at radius 1 is 1.25 bits per heavy atom. The third kappa shape index (κ3) is 3.02. The molecule has 5 nitrogen and oxygen atoms in total. The van der Waals surface area contributed by atoms with Crippen LogP contribution >= 0.6 is 0 Å². The monoisotopic (exact) mass is 347 g/mol. The Morgan fingerprint density at radius 2 is 1.92 bits per heavy atom. The number of carboxylic acids is 1. The van der Waals surface area contributed by atoms with E-state index in [-0.39, 0.29) is 17.7 Å². The molecule has 0 heterocycles. The lowest BCUT2D eigenvalue weighted by Gasteiger charge is -2.24. The second kappa shape index (κ2) is 6.51. The molecule has 2 aliphatic carbocycles. The number of carbonyl (C=O) groups excluding carboxylic acids is 1. The highest BCUT2D eigenvalue weighted by Gasteiger charge is 2.51. The van der Waals surface area contributed by atoms with Gasteiger partial charge in [-0.05, 0) is 42.4 Å². The Kier molecular flexibility index (Phi) is 4.58. The molecule has 1 fully saturated rings. The quantitative estimate of drug-likeness (QED) is 0.801. The van der Waals surface area contributed by atoms with Gasteiger partial charge in [-0.25, -0.2) is 0 Å². The minimum absolute atomic E-state index is 0.00253. The van der Waals surface area contributed by atoms with Crippen molar-refractivity contribution in [1.29, 1.82) is 0 Å². The van der Waals surface area contributed by atoms with Crippen LogP contribution in [0.2, 0.25) is 0 Å². The van der Waals surface area contributed by atoms with Gasteiger partial charge in [0.1, 0.15) is 0 Å². The number of carboxylic acid groups (broad SMARTS) is 1. The predicted octanol–water partition coefficient (Wildman–Crippen LogP) is 2.33. The number of amides is 1. The molecule has 1 saturated carbocycles. The molecular formula is C18H21NO4S. The van der Waals surface area contributed by atoms with E-state index >= 15 is 0 Å². The molecule has 1 aromatic carbocycles.